The third kappa shape index (κ3) is 3.02. The Kier molecular flexibility index (Phi) is 3.41. The van der Waals surface area contributed by atoms with Crippen LogP contribution in [0, 0.1) is 6.92 Å². The highest BCUT2D eigenvalue weighted by molar-refractivity contribution is 6.35. The summed E-state index contributed by atoms with van der Waals surface area (Å²) in [5.74, 6) is 0.704. The second-order valence-electron chi connectivity index (χ2n) is 3.65. The number of nitrogens with one attached hydrogen (secondary N) is 1. The van der Waals surface area contributed by atoms with Gasteiger partial charge in [0.05, 0.1) is 11.4 Å². The van der Waals surface area contributed by atoms with Crippen LogP contribution in [0.3, 0.4) is 0 Å². The van der Waals surface area contributed by atoms with Gasteiger partial charge in [0.15, 0.2) is 0 Å². The topological polar surface area (TPSA) is 50.9 Å². The minimum atomic E-state index is 0.576. The number of aryl methyl sites for hydroxylation is 1. The van der Waals surface area contributed by atoms with E-state index >= 15 is 0 Å². The van der Waals surface area contributed by atoms with Crippen molar-refractivity contribution in [3.63, 3.8) is 0 Å². The van der Waals surface area contributed by atoms with E-state index in [4.69, 9.17) is 28.9 Å². The first-order valence-electron chi connectivity index (χ1n) is 5.01. The highest BCUT2D eigenvalue weighted by Crippen LogP contribution is 2.25. The van der Waals surface area contributed by atoms with Crippen LogP contribution in [0.4, 0.5) is 17.2 Å². The number of nitrogens with two attached hydrogens (primary N) is 1. The Morgan fingerprint density at radius 3 is 2.35 bits per heavy atom. The number of hydrogen-bond acceptors (Lipinski definition) is 3. The molecule has 0 saturated heterocycles. The lowest BCUT2D eigenvalue weighted by atomic mass is 10.3. The predicted octanol–water partition coefficient (Wildman–Crippen LogP) is 4.02. The maximum absolute atomic E-state index is 5.91. The maximum Gasteiger partial charge on any atom is 0.130 e. The van der Waals surface area contributed by atoms with Crippen molar-refractivity contribution in [3.05, 3.63) is 46.1 Å². The fourth-order valence-corrected chi connectivity index (χ4v) is 1.94. The van der Waals surface area contributed by atoms with Gasteiger partial charge in [-0.2, -0.15) is 0 Å². The second-order valence-corrected chi connectivity index (χ2v) is 4.53. The van der Waals surface area contributed by atoms with Gasteiger partial charge in [-0.25, -0.2) is 4.98 Å². The molecule has 2 aromatic rings. The van der Waals surface area contributed by atoms with Gasteiger partial charge in [-0.05, 0) is 37.3 Å². The van der Waals surface area contributed by atoms with Crippen LogP contribution < -0.4 is 11.1 Å². The van der Waals surface area contributed by atoms with Crippen LogP contribution in [-0.4, -0.2) is 4.98 Å². The van der Waals surface area contributed by atoms with Gasteiger partial charge < -0.3 is 11.1 Å². The highest BCUT2D eigenvalue weighted by Gasteiger charge is 2.01. The first kappa shape index (κ1) is 12.0. The average molecular weight is 268 g/mol. The highest BCUT2D eigenvalue weighted by atomic mass is 35.5. The fraction of sp³-hybridized carbons (Fsp3) is 0.0833. The third-order valence-corrected chi connectivity index (χ3v) is 2.70. The summed E-state index contributed by atoms with van der Waals surface area (Å²) in [5.41, 5.74) is 7.94. The molecule has 0 amide bonds. The summed E-state index contributed by atoms with van der Waals surface area (Å²) in [6.45, 7) is 1.85. The summed E-state index contributed by atoms with van der Waals surface area (Å²) in [6.07, 6.45) is 0. The van der Waals surface area contributed by atoms with E-state index < -0.39 is 0 Å². The van der Waals surface area contributed by atoms with Gasteiger partial charge in [0.1, 0.15) is 5.82 Å². The van der Waals surface area contributed by atoms with Crippen LogP contribution in [0.1, 0.15) is 5.69 Å². The molecular weight excluding hydrogens is 257 g/mol. The smallest absolute Gasteiger partial charge is 0.130 e. The Bertz CT molecular complexity index is 535. The number of hydrogen-bond donors (Lipinski definition) is 2. The molecule has 0 spiro atoms. The van der Waals surface area contributed by atoms with Crippen LogP contribution >= 0.6 is 23.2 Å². The van der Waals surface area contributed by atoms with Crippen molar-refractivity contribution in [3.8, 4) is 0 Å². The molecule has 0 unspecified atom stereocenters. The molecule has 0 aliphatic carbocycles. The number of aromatic nitrogens is 1. The van der Waals surface area contributed by atoms with Crippen LogP contribution in [0.5, 0.6) is 0 Å². The van der Waals surface area contributed by atoms with Gasteiger partial charge in [-0.1, -0.05) is 23.2 Å². The molecule has 88 valence electrons. The first-order valence-corrected chi connectivity index (χ1v) is 5.76. The quantitative estimate of drug-likeness (QED) is 0.864. The zero-order valence-electron chi connectivity index (χ0n) is 9.17. The maximum atomic E-state index is 5.91. The Labute approximate surface area is 110 Å². The van der Waals surface area contributed by atoms with Crippen molar-refractivity contribution in [2.45, 2.75) is 6.92 Å². The monoisotopic (exact) mass is 267 g/mol. The Balaban J connectivity index is 2.28. The number of rotatable bonds is 2. The molecule has 0 aliphatic heterocycles. The summed E-state index contributed by atoms with van der Waals surface area (Å²) < 4.78 is 0. The third-order valence-electron chi connectivity index (χ3n) is 2.26. The van der Waals surface area contributed by atoms with E-state index in [1.165, 1.54) is 0 Å². The van der Waals surface area contributed by atoms with Gasteiger partial charge in [-0.15, -0.1) is 0 Å². The molecular formula is C12H11Cl2N3. The van der Waals surface area contributed by atoms with Crippen molar-refractivity contribution in [1.29, 1.82) is 0 Å². The molecule has 17 heavy (non-hydrogen) atoms. The van der Waals surface area contributed by atoms with Gasteiger partial charge in [-0.3, -0.25) is 0 Å². The van der Waals surface area contributed by atoms with Crippen molar-refractivity contribution >= 4 is 40.4 Å². The van der Waals surface area contributed by atoms with E-state index in [-0.39, 0.29) is 0 Å². The van der Waals surface area contributed by atoms with E-state index in [2.05, 4.69) is 10.3 Å². The number of anilines is 3. The average Bonchev–Trinajstić information content (AvgIpc) is 2.22. The zero-order chi connectivity index (χ0) is 12.4. The van der Waals surface area contributed by atoms with Gasteiger partial charge in [0.25, 0.3) is 0 Å². The molecule has 5 heteroatoms. The van der Waals surface area contributed by atoms with Gasteiger partial charge in [0, 0.05) is 15.7 Å². The minimum Gasteiger partial charge on any atom is -0.397 e. The second kappa shape index (κ2) is 4.82. The van der Waals surface area contributed by atoms with E-state index in [1.807, 2.05) is 6.92 Å². The number of pyridine rings is 1. The Hall–Kier alpha value is -1.45. The van der Waals surface area contributed by atoms with E-state index in [9.17, 15) is 0 Å². The van der Waals surface area contributed by atoms with E-state index in [0.717, 1.165) is 11.4 Å². The first-order chi connectivity index (χ1) is 8.04. The molecule has 3 N–H and O–H groups in total. The van der Waals surface area contributed by atoms with Crippen molar-refractivity contribution in [2.24, 2.45) is 0 Å². The minimum absolute atomic E-state index is 0.576. The van der Waals surface area contributed by atoms with Gasteiger partial charge in [0.2, 0.25) is 0 Å². The SMILES string of the molecule is Cc1nc(Nc2cc(Cl)cc(Cl)c2)ccc1N. The molecule has 1 aromatic carbocycles. The molecule has 1 aromatic heterocycles. The number of nitrogens with zero attached hydrogens (tertiary/aromatic N) is 1. The lowest BCUT2D eigenvalue weighted by Crippen LogP contribution is -1.98. The van der Waals surface area contributed by atoms with Crippen LogP contribution in [0.25, 0.3) is 0 Å². The summed E-state index contributed by atoms with van der Waals surface area (Å²) in [4.78, 5) is 4.31. The normalized spacial score (nSPS) is 10.3. The Morgan fingerprint density at radius 1 is 1.12 bits per heavy atom. The van der Waals surface area contributed by atoms with E-state index in [0.29, 0.717) is 21.6 Å². The van der Waals surface area contributed by atoms with Crippen LogP contribution in [0.15, 0.2) is 30.3 Å². The Morgan fingerprint density at radius 2 is 1.76 bits per heavy atom. The largest absolute Gasteiger partial charge is 0.397 e. The summed E-state index contributed by atoms with van der Waals surface area (Å²) in [6, 6.07) is 8.84. The summed E-state index contributed by atoms with van der Waals surface area (Å²) in [7, 11) is 0. The molecule has 0 fully saturated rings. The number of halogens is 2. The molecule has 1 heterocycles. The summed E-state index contributed by atoms with van der Waals surface area (Å²) >= 11 is 11.8. The number of benzene rings is 1. The summed E-state index contributed by atoms with van der Waals surface area (Å²) in [5, 5.41) is 4.27. The molecule has 0 saturated carbocycles. The number of nitrogen functional groups attached to an aromatic ring is 1. The van der Waals surface area contributed by atoms with Crippen molar-refractivity contribution < 1.29 is 0 Å². The van der Waals surface area contributed by atoms with Crippen molar-refractivity contribution in [2.75, 3.05) is 11.1 Å². The van der Waals surface area contributed by atoms with Gasteiger partial charge >= 0.3 is 0 Å². The lowest BCUT2D eigenvalue weighted by molar-refractivity contribution is 1.20. The molecule has 0 bridgehead atoms. The lowest BCUT2D eigenvalue weighted by Gasteiger charge is -2.08. The van der Waals surface area contributed by atoms with Crippen LogP contribution in [-0.2, 0) is 0 Å². The standard InChI is InChI=1S/C12H11Cl2N3/c1-7-11(15)2-3-12(16-7)17-10-5-8(13)4-9(14)6-10/h2-6H,15H2,1H3,(H,16,17). The van der Waals surface area contributed by atoms with Crippen LogP contribution in [0.2, 0.25) is 10.0 Å². The fourth-order valence-electron chi connectivity index (χ4n) is 1.42. The molecule has 0 aliphatic rings. The van der Waals surface area contributed by atoms with E-state index in [1.54, 1.807) is 30.3 Å². The molecule has 2 rings (SSSR count). The molecule has 0 radical (unpaired) electrons. The molecule has 0 atom stereocenters. The molecule has 3 nitrogen and oxygen atoms in total. The predicted molar refractivity (Wildman–Crippen MR) is 73.1 cm³/mol. The zero-order valence-corrected chi connectivity index (χ0v) is 10.7. The van der Waals surface area contributed by atoms with Crippen molar-refractivity contribution in [1.82, 2.24) is 4.98 Å².